The Bertz CT molecular complexity index is 1030. The molecule has 1 fully saturated rings. The summed E-state index contributed by atoms with van der Waals surface area (Å²) in [7, 11) is 1.55. The fourth-order valence-corrected chi connectivity index (χ4v) is 4.18. The average molecular weight is 383 g/mol. The highest BCUT2D eigenvalue weighted by Gasteiger charge is 2.24. The fraction of sp³-hybridized carbons (Fsp3) is 0.350. The molecular weight excluding hydrogens is 362 g/mol. The Morgan fingerprint density at radius 3 is 2.63 bits per heavy atom. The Labute approximate surface area is 161 Å². The summed E-state index contributed by atoms with van der Waals surface area (Å²) in [4.78, 5) is 27.4. The number of nitriles is 1. The molecule has 0 saturated carbocycles. The van der Waals surface area contributed by atoms with Gasteiger partial charge in [-0.25, -0.2) is 0 Å². The van der Waals surface area contributed by atoms with Gasteiger partial charge in [0, 0.05) is 20.2 Å². The van der Waals surface area contributed by atoms with Crippen molar-refractivity contribution in [2.45, 2.75) is 19.4 Å². The van der Waals surface area contributed by atoms with Gasteiger partial charge < -0.3 is 9.64 Å². The van der Waals surface area contributed by atoms with Crippen molar-refractivity contribution in [1.29, 1.82) is 5.26 Å². The summed E-state index contributed by atoms with van der Waals surface area (Å²) in [6.45, 7) is 1.93. The van der Waals surface area contributed by atoms with Crippen LogP contribution in [0.2, 0.25) is 0 Å². The number of carbonyl (C=O) groups is 1. The van der Waals surface area contributed by atoms with E-state index < -0.39 is 0 Å². The van der Waals surface area contributed by atoms with Gasteiger partial charge in [0.15, 0.2) is 5.57 Å². The zero-order valence-corrected chi connectivity index (χ0v) is 16.0. The molecule has 1 aromatic heterocycles. The maximum Gasteiger partial charge on any atom is 0.269 e. The van der Waals surface area contributed by atoms with Gasteiger partial charge in [0.25, 0.3) is 11.5 Å². The maximum atomic E-state index is 12.9. The second-order valence-corrected chi connectivity index (χ2v) is 7.29. The molecule has 0 bridgehead atoms. The number of rotatable bonds is 5. The smallest absolute Gasteiger partial charge is 0.269 e. The van der Waals surface area contributed by atoms with E-state index >= 15 is 0 Å². The van der Waals surface area contributed by atoms with Crippen LogP contribution in [-0.4, -0.2) is 42.2 Å². The third-order valence-electron chi connectivity index (χ3n) is 4.46. The lowest BCUT2D eigenvalue weighted by Crippen LogP contribution is -2.36. The van der Waals surface area contributed by atoms with Crippen molar-refractivity contribution in [1.82, 2.24) is 9.47 Å². The summed E-state index contributed by atoms with van der Waals surface area (Å²) in [6, 6.07) is 11.5. The van der Waals surface area contributed by atoms with E-state index in [9.17, 15) is 14.9 Å². The molecule has 0 aliphatic carbocycles. The summed E-state index contributed by atoms with van der Waals surface area (Å²) in [5, 5.41) is 9.67. The highest BCUT2D eigenvalue weighted by atomic mass is 32.1. The second kappa shape index (κ2) is 8.80. The summed E-state index contributed by atoms with van der Waals surface area (Å²) in [6.07, 6.45) is 3.67. The molecule has 0 N–H and O–H groups in total. The van der Waals surface area contributed by atoms with Crippen LogP contribution in [0.25, 0.3) is 11.6 Å². The van der Waals surface area contributed by atoms with Gasteiger partial charge in [-0.15, -0.1) is 11.3 Å². The molecule has 0 radical (unpaired) electrons. The van der Waals surface area contributed by atoms with E-state index in [0.29, 0.717) is 35.4 Å². The van der Waals surface area contributed by atoms with Gasteiger partial charge in [0.2, 0.25) is 0 Å². The van der Waals surface area contributed by atoms with E-state index in [1.165, 1.54) is 15.9 Å². The number of methoxy groups -OCH3 is 1. The first-order valence-corrected chi connectivity index (χ1v) is 9.66. The minimum Gasteiger partial charge on any atom is -0.383 e. The zero-order valence-electron chi connectivity index (χ0n) is 15.2. The van der Waals surface area contributed by atoms with Gasteiger partial charge in [-0.3, -0.25) is 14.2 Å². The Morgan fingerprint density at radius 1 is 1.30 bits per heavy atom. The van der Waals surface area contributed by atoms with Crippen LogP contribution in [0.1, 0.15) is 18.4 Å². The van der Waals surface area contributed by atoms with E-state index in [0.717, 1.165) is 18.4 Å². The molecule has 1 aliphatic rings. The molecule has 1 amide bonds. The largest absolute Gasteiger partial charge is 0.383 e. The predicted molar refractivity (Wildman–Crippen MR) is 105 cm³/mol. The normalized spacial score (nSPS) is 15.7. The minimum atomic E-state index is -0.298. The topological polar surface area (TPSA) is 75.3 Å². The molecular formula is C20H21N3O3S. The van der Waals surface area contributed by atoms with Gasteiger partial charge in [-0.2, -0.15) is 5.26 Å². The lowest BCUT2D eigenvalue weighted by atomic mass is 10.2. The van der Waals surface area contributed by atoms with Crippen molar-refractivity contribution in [2.24, 2.45) is 0 Å². The van der Waals surface area contributed by atoms with Gasteiger partial charge in [-0.1, -0.05) is 30.3 Å². The molecule has 2 heterocycles. The van der Waals surface area contributed by atoms with Crippen LogP contribution < -0.4 is 14.8 Å². The van der Waals surface area contributed by atoms with E-state index in [4.69, 9.17) is 4.74 Å². The Kier molecular flexibility index (Phi) is 6.22. The van der Waals surface area contributed by atoms with Crippen LogP contribution in [0.5, 0.6) is 0 Å². The highest BCUT2D eigenvalue weighted by molar-refractivity contribution is 7.07. The first-order chi connectivity index (χ1) is 13.2. The SMILES string of the molecule is COCCn1c(=O)/c(=C\c2ccccc2)s/c1=C(/C#N)C(=O)N1CCCC1. The van der Waals surface area contributed by atoms with Crippen LogP contribution in [0.3, 0.4) is 0 Å². The fourth-order valence-electron chi connectivity index (χ4n) is 3.06. The van der Waals surface area contributed by atoms with E-state index in [2.05, 4.69) is 0 Å². The molecule has 7 heteroatoms. The standard InChI is InChI=1S/C20H21N3O3S/c1-26-12-11-23-19(25)17(13-15-7-3-2-4-8-15)27-20(23)16(14-21)18(24)22-9-5-6-10-22/h2-4,7-8,13H,5-6,9-12H2,1H3/b17-13+,20-16-. The number of carbonyl (C=O) groups excluding carboxylic acids is 1. The van der Waals surface area contributed by atoms with Crippen molar-refractivity contribution < 1.29 is 9.53 Å². The molecule has 140 valence electrons. The zero-order chi connectivity index (χ0) is 19.2. The molecule has 0 atom stereocenters. The third-order valence-corrected chi connectivity index (χ3v) is 5.59. The number of thiazole rings is 1. The first-order valence-electron chi connectivity index (χ1n) is 8.84. The minimum absolute atomic E-state index is 0.0304. The van der Waals surface area contributed by atoms with Crippen LogP contribution in [-0.2, 0) is 16.1 Å². The first kappa shape index (κ1) is 19.1. The number of benzene rings is 1. The average Bonchev–Trinajstić information content (AvgIpc) is 3.32. The number of ether oxygens (including phenoxy) is 1. The number of amides is 1. The Hall–Kier alpha value is -2.69. The Morgan fingerprint density at radius 2 is 2.00 bits per heavy atom. The summed E-state index contributed by atoms with van der Waals surface area (Å²) < 4.78 is 7.48. The Balaban J connectivity index is 2.19. The lowest BCUT2D eigenvalue weighted by molar-refractivity contribution is -0.123. The van der Waals surface area contributed by atoms with Crippen molar-refractivity contribution >= 4 is 28.9 Å². The number of hydrogen-bond donors (Lipinski definition) is 0. The molecule has 27 heavy (non-hydrogen) atoms. The van der Waals surface area contributed by atoms with E-state index in [1.54, 1.807) is 18.1 Å². The summed E-state index contributed by atoms with van der Waals surface area (Å²) in [5.74, 6) is -0.298. The molecule has 2 aromatic rings. The van der Waals surface area contributed by atoms with E-state index in [-0.39, 0.29) is 17.0 Å². The van der Waals surface area contributed by atoms with Crippen molar-refractivity contribution in [3.05, 3.63) is 55.4 Å². The van der Waals surface area contributed by atoms with Crippen molar-refractivity contribution in [2.75, 3.05) is 26.8 Å². The molecule has 6 nitrogen and oxygen atoms in total. The van der Waals surface area contributed by atoms with Gasteiger partial charge in [0.05, 0.1) is 17.7 Å². The molecule has 1 saturated heterocycles. The molecule has 1 aliphatic heterocycles. The third kappa shape index (κ3) is 4.18. The number of aromatic nitrogens is 1. The number of likely N-dealkylation sites (tertiary alicyclic amines) is 1. The molecule has 3 rings (SSSR count). The van der Waals surface area contributed by atoms with Gasteiger partial charge in [0.1, 0.15) is 10.7 Å². The van der Waals surface area contributed by atoms with Gasteiger partial charge >= 0.3 is 0 Å². The van der Waals surface area contributed by atoms with Crippen molar-refractivity contribution in [3.8, 4) is 6.07 Å². The quantitative estimate of drug-likeness (QED) is 0.761. The number of hydrogen-bond acceptors (Lipinski definition) is 5. The molecule has 0 spiro atoms. The van der Waals surface area contributed by atoms with Crippen LogP contribution >= 0.6 is 11.3 Å². The van der Waals surface area contributed by atoms with Crippen molar-refractivity contribution in [3.63, 3.8) is 0 Å². The van der Waals surface area contributed by atoms with E-state index in [1.807, 2.05) is 36.4 Å². The van der Waals surface area contributed by atoms with Gasteiger partial charge in [-0.05, 0) is 24.5 Å². The summed E-state index contributed by atoms with van der Waals surface area (Å²) in [5.41, 5.74) is 0.714. The monoisotopic (exact) mass is 383 g/mol. The lowest BCUT2D eigenvalue weighted by Gasteiger charge is -2.14. The predicted octanol–water partition coefficient (Wildman–Crippen LogP) is 0.682. The van der Waals surface area contributed by atoms with Crippen LogP contribution in [0.4, 0.5) is 0 Å². The maximum absolute atomic E-state index is 12.9. The second-order valence-electron chi connectivity index (χ2n) is 6.26. The summed E-state index contributed by atoms with van der Waals surface area (Å²) >= 11 is 1.18. The van der Waals surface area contributed by atoms with Crippen LogP contribution in [0.15, 0.2) is 35.1 Å². The number of nitrogens with zero attached hydrogens (tertiary/aromatic N) is 3. The highest BCUT2D eigenvalue weighted by Crippen LogP contribution is 2.11. The molecule has 1 aromatic carbocycles. The van der Waals surface area contributed by atoms with Crippen LogP contribution in [0, 0.1) is 11.3 Å². The molecule has 0 unspecified atom stereocenters.